The maximum atomic E-state index is 8.80. The van der Waals surface area contributed by atoms with E-state index in [0.717, 1.165) is 49.7 Å². The predicted molar refractivity (Wildman–Crippen MR) is 82.5 cm³/mol. The van der Waals surface area contributed by atoms with Crippen LogP contribution >= 0.6 is 0 Å². The molecule has 1 aromatic rings. The lowest BCUT2D eigenvalue weighted by molar-refractivity contribution is 0.0322. The van der Waals surface area contributed by atoms with Gasteiger partial charge in [0.25, 0.3) is 0 Å². The third kappa shape index (κ3) is 5.39. The van der Waals surface area contributed by atoms with E-state index in [1.165, 1.54) is 0 Å². The minimum absolute atomic E-state index is 0.0893. The summed E-state index contributed by atoms with van der Waals surface area (Å²) in [7, 11) is 0. The van der Waals surface area contributed by atoms with Gasteiger partial charge in [-0.15, -0.1) is 0 Å². The molecular formula is C17H23NO3. The van der Waals surface area contributed by atoms with E-state index in [4.69, 9.17) is 14.6 Å². The largest absolute Gasteiger partial charge is 0.491 e. The standard InChI is InChI=1S/C17H23NO3/c1-15-5-6-17(16(14-15)4-2-3-10-19)21-13-9-18-7-11-20-12-8-18/h5-6,14,19H,3,7-13H2,1H3. The van der Waals surface area contributed by atoms with Gasteiger partial charge in [-0.2, -0.15) is 0 Å². The summed E-state index contributed by atoms with van der Waals surface area (Å²) in [4.78, 5) is 2.34. The summed E-state index contributed by atoms with van der Waals surface area (Å²) in [6, 6.07) is 6.02. The van der Waals surface area contributed by atoms with Crippen LogP contribution in [0.2, 0.25) is 0 Å². The van der Waals surface area contributed by atoms with E-state index in [2.05, 4.69) is 16.7 Å². The molecule has 0 spiro atoms. The summed E-state index contributed by atoms with van der Waals surface area (Å²) in [6.45, 7) is 7.24. The highest BCUT2D eigenvalue weighted by atomic mass is 16.5. The van der Waals surface area contributed by atoms with Crippen LogP contribution in [0.4, 0.5) is 0 Å². The van der Waals surface area contributed by atoms with Crippen molar-refractivity contribution < 1.29 is 14.6 Å². The van der Waals surface area contributed by atoms with Crippen LogP contribution in [-0.4, -0.2) is 56.1 Å². The molecule has 1 aliphatic rings. The molecule has 21 heavy (non-hydrogen) atoms. The van der Waals surface area contributed by atoms with Crippen molar-refractivity contribution in [2.24, 2.45) is 0 Å². The number of nitrogens with zero attached hydrogens (tertiary/aromatic N) is 1. The molecule has 0 atom stereocenters. The predicted octanol–water partition coefficient (Wildman–Crippen LogP) is 1.44. The smallest absolute Gasteiger partial charge is 0.134 e. The first-order valence-corrected chi connectivity index (χ1v) is 7.43. The zero-order valence-corrected chi connectivity index (χ0v) is 12.6. The number of ether oxygens (including phenoxy) is 2. The van der Waals surface area contributed by atoms with Gasteiger partial charge in [0, 0.05) is 26.1 Å². The Morgan fingerprint density at radius 1 is 1.33 bits per heavy atom. The van der Waals surface area contributed by atoms with Crippen LogP contribution in [0.25, 0.3) is 0 Å². The minimum Gasteiger partial charge on any atom is -0.491 e. The summed E-state index contributed by atoms with van der Waals surface area (Å²) in [5.74, 6) is 6.85. The molecule has 4 heteroatoms. The van der Waals surface area contributed by atoms with Gasteiger partial charge in [-0.25, -0.2) is 0 Å². The number of benzene rings is 1. The average Bonchev–Trinajstić information content (AvgIpc) is 2.51. The fraction of sp³-hybridized carbons (Fsp3) is 0.529. The SMILES string of the molecule is Cc1ccc(OCCN2CCOCC2)c(C#CCCO)c1. The highest BCUT2D eigenvalue weighted by molar-refractivity contribution is 5.48. The molecule has 1 heterocycles. The summed E-state index contributed by atoms with van der Waals surface area (Å²) < 4.78 is 11.2. The lowest BCUT2D eigenvalue weighted by Crippen LogP contribution is -2.38. The van der Waals surface area contributed by atoms with E-state index in [-0.39, 0.29) is 6.61 Å². The van der Waals surface area contributed by atoms with Gasteiger partial charge < -0.3 is 14.6 Å². The molecule has 0 amide bonds. The number of hydrogen-bond acceptors (Lipinski definition) is 4. The van der Waals surface area contributed by atoms with Crippen molar-refractivity contribution in [1.82, 2.24) is 4.90 Å². The van der Waals surface area contributed by atoms with Crippen molar-refractivity contribution in [3.63, 3.8) is 0 Å². The molecule has 0 unspecified atom stereocenters. The number of aliphatic hydroxyl groups is 1. The fourth-order valence-electron chi connectivity index (χ4n) is 2.19. The number of morpholine rings is 1. The molecule has 0 aliphatic carbocycles. The highest BCUT2D eigenvalue weighted by Crippen LogP contribution is 2.19. The molecule has 0 saturated carbocycles. The Kier molecular flexibility index (Phi) is 6.55. The molecule has 1 fully saturated rings. The molecule has 1 aliphatic heterocycles. The summed E-state index contributed by atoms with van der Waals surface area (Å²) in [5.41, 5.74) is 2.05. The van der Waals surface area contributed by atoms with Gasteiger partial charge in [0.2, 0.25) is 0 Å². The lowest BCUT2D eigenvalue weighted by atomic mass is 10.1. The van der Waals surface area contributed by atoms with Gasteiger partial charge in [-0.1, -0.05) is 17.9 Å². The zero-order valence-electron chi connectivity index (χ0n) is 12.6. The molecule has 0 bridgehead atoms. The molecule has 4 nitrogen and oxygen atoms in total. The number of hydrogen-bond donors (Lipinski definition) is 1. The Bertz CT molecular complexity index is 498. The molecule has 1 aromatic carbocycles. The third-order valence-corrected chi connectivity index (χ3v) is 3.36. The quantitative estimate of drug-likeness (QED) is 0.833. The highest BCUT2D eigenvalue weighted by Gasteiger charge is 2.10. The second-order valence-corrected chi connectivity index (χ2v) is 5.08. The van der Waals surface area contributed by atoms with E-state index in [1.54, 1.807) is 0 Å². The van der Waals surface area contributed by atoms with Crippen LogP contribution in [0, 0.1) is 18.8 Å². The van der Waals surface area contributed by atoms with Crippen molar-refractivity contribution in [3.05, 3.63) is 29.3 Å². The van der Waals surface area contributed by atoms with Gasteiger partial charge in [0.15, 0.2) is 0 Å². The minimum atomic E-state index is 0.0893. The van der Waals surface area contributed by atoms with Crippen molar-refractivity contribution >= 4 is 0 Å². The second-order valence-electron chi connectivity index (χ2n) is 5.08. The van der Waals surface area contributed by atoms with E-state index >= 15 is 0 Å². The Balaban J connectivity index is 1.90. The van der Waals surface area contributed by atoms with Gasteiger partial charge in [-0.3, -0.25) is 4.90 Å². The molecule has 2 rings (SSSR count). The van der Waals surface area contributed by atoms with Crippen molar-refractivity contribution in [2.75, 3.05) is 46.1 Å². The van der Waals surface area contributed by atoms with E-state index in [1.807, 2.05) is 25.1 Å². The van der Waals surface area contributed by atoms with E-state index in [0.29, 0.717) is 13.0 Å². The van der Waals surface area contributed by atoms with Gasteiger partial charge in [0.05, 0.1) is 25.4 Å². The van der Waals surface area contributed by atoms with E-state index in [9.17, 15) is 0 Å². The van der Waals surface area contributed by atoms with Crippen LogP contribution in [-0.2, 0) is 4.74 Å². The lowest BCUT2D eigenvalue weighted by Gasteiger charge is -2.26. The zero-order chi connectivity index (χ0) is 14.9. The van der Waals surface area contributed by atoms with Gasteiger partial charge >= 0.3 is 0 Å². The van der Waals surface area contributed by atoms with Crippen molar-refractivity contribution in [2.45, 2.75) is 13.3 Å². The Morgan fingerprint density at radius 3 is 2.90 bits per heavy atom. The Morgan fingerprint density at radius 2 is 2.14 bits per heavy atom. The summed E-state index contributed by atoms with van der Waals surface area (Å²) in [6.07, 6.45) is 0.487. The van der Waals surface area contributed by atoms with Gasteiger partial charge in [0.1, 0.15) is 12.4 Å². The van der Waals surface area contributed by atoms with Crippen LogP contribution in [0.3, 0.4) is 0 Å². The van der Waals surface area contributed by atoms with Gasteiger partial charge in [-0.05, 0) is 24.6 Å². The molecule has 0 radical (unpaired) electrons. The number of aliphatic hydroxyl groups excluding tert-OH is 1. The Hall–Kier alpha value is -1.54. The molecule has 114 valence electrons. The number of rotatable bonds is 5. The van der Waals surface area contributed by atoms with Crippen LogP contribution in [0.5, 0.6) is 5.75 Å². The Labute approximate surface area is 126 Å². The number of aryl methyl sites for hydroxylation is 1. The third-order valence-electron chi connectivity index (χ3n) is 3.36. The van der Waals surface area contributed by atoms with Crippen LogP contribution in [0.15, 0.2) is 18.2 Å². The second kappa shape index (κ2) is 8.68. The molecule has 1 saturated heterocycles. The van der Waals surface area contributed by atoms with E-state index < -0.39 is 0 Å². The molecular weight excluding hydrogens is 266 g/mol. The monoisotopic (exact) mass is 289 g/mol. The first-order chi connectivity index (χ1) is 10.3. The summed E-state index contributed by atoms with van der Waals surface area (Å²) >= 11 is 0. The van der Waals surface area contributed by atoms with Crippen molar-refractivity contribution in [1.29, 1.82) is 0 Å². The fourth-order valence-corrected chi connectivity index (χ4v) is 2.19. The van der Waals surface area contributed by atoms with Crippen molar-refractivity contribution in [3.8, 4) is 17.6 Å². The normalized spacial score (nSPS) is 15.3. The average molecular weight is 289 g/mol. The van der Waals surface area contributed by atoms with Crippen LogP contribution in [0.1, 0.15) is 17.5 Å². The summed E-state index contributed by atoms with van der Waals surface area (Å²) in [5, 5.41) is 8.80. The first kappa shape index (κ1) is 15.8. The maximum Gasteiger partial charge on any atom is 0.134 e. The first-order valence-electron chi connectivity index (χ1n) is 7.43. The molecule has 0 aromatic heterocycles. The van der Waals surface area contributed by atoms with Crippen LogP contribution < -0.4 is 4.74 Å². The topological polar surface area (TPSA) is 41.9 Å². The maximum absolute atomic E-state index is 8.80. The molecule has 1 N–H and O–H groups in total.